The number of methoxy groups -OCH3 is 1. The summed E-state index contributed by atoms with van der Waals surface area (Å²) < 4.78 is 17.2. The fraction of sp³-hybridized carbons (Fsp3) is 0.292. The number of urea groups is 1. The molecule has 10 nitrogen and oxygen atoms in total. The van der Waals surface area contributed by atoms with Gasteiger partial charge >= 0.3 is 12.0 Å². The average Bonchev–Trinajstić information content (AvgIpc) is 2.82. The Morgan fingerprint density at radius 2 is 2.06 bits per heavy atom. The zero-order valence-corrected chi connectivity index (χ0v) is 21.1. The summed E-state index contributed by atoms with van der Waals surface area (Å²) in [5.41, 5.74) is 4.75. The van der Waals surface area contributed by atoms with Gasteiger partial charge in [0, 0.05) is 10.2 Å². The fourth-order valence-corrected chi connectivity index (χ4v) is 3.82. The Morgan fingerprint density at radius 3 is 2.77 bits per heavy atom. The molecule has 1 aliphatic heterocycles. The Labute approximate surface area is 211 Å². The molecule has 2 aromatic rings. The van der Waals surface area contributed by atoms with E-state index in [0.717, 1.165) is 10.0 Å². The van der Waals surface area contributed by atoms with Crippen LogP contribution < -0.4 is 25.5 Å². The first-order valence-electron chi connectivity index (χ1n) is 10.8. The summed E-state index contributed by atoms with van der Waals surface area (Å²) in [6, 6.07) is 11.4. The van der Waals surface area contributed by atoms with Crippen molar-refractivity contribution in [1.82, 2.24) is 16.1 Å². The zero-order valence-electron chi connectivity index (χ0n) is 19.5. The second-order valence-electron chi connectivity index (χ2n) is 7.47. The normalized spacial score (nSPS) is 16.4. The van der Waals surface area contributed by atoms with Crippen LogP contribution in [-0.2, 0) is 9.53 Å². The highest BCUT2D eigenvalue weighted by Gasteiger charge is 2.32. The van der Waals surface area contributed by atoms with E-state index in [1.807, 2.05) is 31.2 Å². The third-order valence-electron chi connectivity index (χ3n) is 4.96. The second kappa shape index (κ2) is 12.2. The molecule has 35 heavy (non-hydrogen) atoms. The largest absolute Gasteiger partial charge is 0.490 e. The molecule has 2 atom stereocenters. The molecule has 0 fully saturated rings. The lowest BCUT2D eigenvalue weighted by atomic mass is 9.95. The van der Waals surface area contributed by atoms with E-state index >= 15 is 0 Å². The summed E-state index contributed by atoms with van der Waals surface area (Å²) in [5, 5.41) is 19.5. The Morgan fingerprint density at radius 1 is 1.26 bits per heavy atom. The number of hydrogen-bond acceptors (Lipinski definition) is 8. The first-order valence-corrected chi connectivity index (χ1v) is 11.6. The van der Waals surface area contributed by atoms with Crippen LogP contribution in [-0.4, -0.2) is 49.9 Å². The maximum Gasteiger partial charge on any atom is 0.337 e. The van der Waals surface area contributed by atoms with Crippen molar-refractivity contribution in [3.05, 3.63) is 69.3 Å². The number of aliphatic hydroxyl groups is 1. The third-order valence-corrected chi connectivity index (χ3v) is 5.45. The van der Waals surface area contributed by atoms with E-state index < -0.39 is 24.3 Å². The molecule has 4 N–H and O–H groups in total. The van der Waals surface area contributed by atoms with Crippen LogP contribution >= 0.6 is 15.9 Å². The number of hydrogen-bond donors (Lipinski definition) is 4. The Bertz CT molecular complexity index is 1140. The molecule has 0 aromatic heterocycles. The Balaban J connectivity index is 1.71. The predicted octanol–water partition coefficient (Wildman–Crippen LogP) is 2.97. The minimum atomic E-state index is -1.08. The smallest absolute Gasteiger partial charge is 0.337 e. The van der Waals surface area contributed by atoms with Gasteiger partial charge in [0.15, 0.2) is 17.7 Å². The van der Waals surface area contributed by atoms with Gasteiger partial charge in [0.1, 0.15) is 6.61 Å². The molecule has 2 amide bonds. The second-order valence-corrected chi connectivity index (χ2v) is 8.39. The number of ether oxygens (including phenoxy) is 3. The zero-order chi connectivity index (χ0) is 25.4. The van der Waals surface area contributed by atoms with Gasteiger partial charge in [-0.1, -0.05) is 34.1 Å². The molecular weight excluding hydrogens is 520 g/mol. The molecular formula is C24H27BrN4O6. The number of nitrogens with one attached hydrogen (secondary N) is 3. The summed E-state index contributed by atoms with van der Waals surface area (Å²) in [5.74, 6) is 0.216. The van der Waals surface area contributed by atoms with Gasteiger partial charge in [0.05, 0.1) is 31.5 Å². The highest BCUT2D eigenvalue weighted by Crippen LogP contribution is 2.34. The summed E-state index contributed by atoms with van der Waals surface area (Å²) in [7, 11) is 1.28. The molecule has 2 aromatic carbocycles. The van der Waals surface area contributed by atoms with Crippen LogP contribution in [0.15, 0.2) is 63.3 Å². The number of carbonyl (C=O) groups excluding carboxylic acids is 2. The van der Waals surface area contributed by atoms with Crippen LogP contribution in [0.4, 0.5) is 4.79 Å². The molecule has 0 radical (unpaired) electrons. The van der Waals surface area contributed by atoms with E-state index in [4.69, 9.17) is 14.2 Å². The molecule has 0 saturated carbocycles. The first-order chi connectivity index (χ1) is 16.8. The minimum absolute atomic E-state index is 0.105. The van der Waals surface area contributed by atoms with Crippen molar-refractivity contribution in [1.29, 1.82) is 0 Å². The highest BCUT2D eigenvalue weighted by atomic mass is 79.9. The number of allylic oxidation sites excluding steroid dienone is 1. The van der Waals surface area contributed by atoms with Crippen LogP contribution in [0.2, 0.25) is 0 Å². The van der Waals surface area contributed by atoms with Crippen molar-refractivity contribution in [2.24, 2.45) is 5.10 Å². The monoisotopic (exact) mass is 546 g/mol. The number of rotatable bonds is 10. The van der Waals surface area contributed by atoms with Crippen LogP contribution in [0.25, 0.3) is 0 Å². The Hall–Kier alpha value is -3.57. The van der Waals surface area contributed by atoms with Gasteiger partial charge in [-0.3, -0.25) is 5.43 Å². The molecule has 3 rings (SSSR count). The number of nitrogens with zero attached hydrogens (tertiary/aromatic N) is 1. The minimum Gasteiger partial charge on any atom is -0.490 e. The fourth-order valence-electron chi connectivity index (χ4n) is 3.41. The van der Waals surface area contributed by atoms with E-state index in [0.29, 0.717) is 29.4 Å². The molecule has 0 spiro atoms. The van der Waals surface area contributed by atoms with Crippen LogP contribution in [0.5, 0.6) is 11.5 Å². The van der Waals surface area contributed by atoms with E-state index in [9.17, 15) is 14.7 Å². The quantitative estimate of drug-likeness (QED) is 0.156. The van der Waals surface area contributed by atoms with Crippen molar-refractivity contribution >= 4 is 34.1 Å². The van der Waals surface area contributed by atoms with E-state index in [1.54, 1.807) is 31.3 Å². The summed E-state index contributed by atoms with van der Waals surface area (Å²) >= 11 is 3.39. The van der Waals surface area contributed by atoms with Crippen molar-refractivity contribution in [2.75, 3.05) is 20.3 Å². The van der Waals surface area contributed by atoms with Gasteiger partial charge in [0.2, 0.25) is 0 Å². The number of benzene rings is 2. The molecule has 1 heterocycles. The lowest BCUT2D eigenvalue weighted by Crippen LogP contribution is -2.45. The summed E-state index contributed by atoms with van der Waals surface area (Å²) in [4.78, 5) is 24.4. The topological polar surface area (TPSA) is 131 Å². The highest BCUT2D eigenvalue weighted by molar-refractivity contribution is 9.10. The molecule has 0 bridgehead atoms. The van der Waals surface area contributed by atoms with E-state index in [2.05, 4.69) is 37.1 Å². The van der Waals surface area contributed by atoms with Crippen molar-refractivity contribution in [3.63, 3.8) is 0 Å². The number of halogens is 1. The van der Waals surface area contributed by atoms with Crippen LogP contribution in [0.1, 0.15) is 31.0 Å². The lowest BCUT2D eigenvalue weighted by molar-refractivity contribution is -0.136. The van der Waals surface area contributed by atoms with Gasteiger partial charge in [-0.25, -0.2) is 9.59 Å². The van der Waals surface area contributed by atoms with Crippen molar-refractivity contribution in [3.8, 4) is 11.5 Å². The molecule has 11 heteroatoms. The maximum absolute atomic E-state index is 12.3. The number of carbonyl (C=O) groups is 2. The molecule has 186 valence electrons. The predicted molar refractivity (Wildman–Crippen MR) is 133 cm³/mol. The lowest BCUT2D eigenvalue weighted by Gasteiger charge is -2.28. The van der Waals surface area contributed by atoms with Gasteiger partial charge in [-0.15, -0.1) is 0 Å². The standard InChI is InChI=1S/C24H27BrN4O6/c1-4-34-19-11-16(22-21(23(31)33-3)14(2)27-24(32)28-22)8-9-18(19)35-13-20(30)29-26-12-15-6-5-7-17(25)10-15/h5-12,20,22,29-30H,4,13H2,1-3H3,(H2,27,28,32)/b26-12-/t20-,22-/m0/s1. The average molecular weight is 547 g/mol. The van der Waals surface area contributed by atoms with Crippen LogP contribution in [0.3, 0.4) is 0 Å². The Kier molecular flexibility index (Phi) is 9.10. The van der Waals surface area contributed by atoms with Gasteiger partial charge in [-0.2, -0.15) is 5.10 Å². The van der Waals surface area contributed by atoms with Gasteiger partial charge in [-0.05, 0) is 49.2 Å². The molecule has 0 unspecified atom stereocenters. The molecule has 0 saturated heterocycles. The first kappa shape index (κ1) is 26.0. The molecule has 1 aliphatic rings. The number of aliphatic hydroxyl groups excluding tert-OH is 1. The van der Waals surface area contributed by atoms with Crippen molar-refractivity contribution in [2.45, 2.75) is 26.1 Å². The maximum atomic E-state index is 12.3. The van der Waals surface area contributed by atoms with Crippen LogP contribution in [0, 0.1) is 0 Å². The number of hydrazone groups is 1. The van der Waals surface area contributed by atoms with Crippen molar-refractivity contribution < 1.29 is 28.9 Å². The SMILES string of the molecule is CCOc1cc([C@@H]2NC(=O)NC(C)=C2C(=O)OC)ccc1OC[C@H](O)N/N=C\c1cccc(Br)c1. The van der Waals surface area contributed by atoms with E-state index in [-0.39, 0.29) is 12.2 Å². The molecule has 0 aliphatic carbocycles. The number of amides is 2. The van der Waals surface area contributed by atoms with Gasteiger partial charge < -0.3 is 30.0 Å². The summed E-state index contributed by atoms with van der Waals surface area (Å²) in [6.45, 7) is 3.70. The third kappa shape index (κ3) is 6.96. The van der Waals surface area contributed by atoms with Gasteiger partial charge in [0.25, 0.3) is 0 Å². The van der Waals surface area contributed by atoms with E-state index in [1.165, 1.54) is 7.11 Å². The number of esters is 1. The summed E-state index contributed by atoms with van der Waals surface area (Å²) in [6.07, 6.45) is 0.503.